The van der Waals surface area contributed by atoms with Crippen molar-refractivity contribution >= 4 is 11.3 Å². The van der Waals surface area contributed by atoms with E-state index in [1.807, 2.05) is 10.8 Å². The van der Waals surface area contributed by atoms with Gasteiger partial charge >= 0.3 is 0 Å². The summed E-state index contributed by atoms with van der Waals surface area (Å²) < 4.78 is 2.01. The molecule has 3 heterocycles. The van der Waals surface area contributed by atoms with Crippen LogP contribution in [0.25, 0.3) is 0 Å². The van der Waals surface area contributed by atoms with Crippen molar-refractivity contribution in [2.45, 2.75) is 32.9 Å². The third kappa shape index (κ3) is 4.74. The van der Waals surface area contributed by atoms with Gasteiger partial charge in [0.05, 0.1) is 13.1 Å². The smallest absolute Gasteiger partial charge is 0.209 e. The van der Waals surface area contributed by atoms with Gasteiger partial charge in [-0.05, 0) is 33.9 Å². The summed E-state index contributed by atoms with van der Waals surface area (Å²) in [5, 5.41) is 14.8. The topological polar surface area (TPSA) is 52.5 Å². The van der Waals surface area contributed by atoms with Gasteiger partial charge in [-0.3, -0.25) is 0 Å². The number of hydrogen-bond donors (Lipinski definition) is 2. The highest BCUT2D eigenvalue weighted by molar-refractivity contribution is 7.09. The molecular formula is C18H30N6S+2. The minimum Gasteiger partial charge on any atom is -0.322 e. The van der Waals surface area contributed by atoms with Crippen LogP contribution in [0.1, 0.15) is 37.0 Å². The van der Waals surface area contributed by atoms with E-state index in [2.05, 4.69) is 53.5 Å². The Kier molecular flexibility index (Phi) is 6.34. The second kappa shape index (κ2) is 8.69. The minimum absolute atomic E-state index is 0.375. The molecular weight excluding hydrogens is 332 g/mol. The molecule has 1 fully saturated rings. The molecule has 2 aromatic rings. The molecule has 0 aliphatic carbocycles. The van der Waals surface area contributed by atoms with E-state index in [9.17, 15) is 0 Å². The average Bonchev–Trinajstić information content (AvgIpc) is 3.26. The van der Waals surface area contributed by atoms with E-state index in [1.54, 1.807) is 21.1 Å². The highest BCUT2D eigenvalue weighted by atomic mass is 32.1. The Labute approximate surface area is 154 Å². The molecule has 0 amide bonds. The van der Waals surface area contributed by atoms with Crippen LogP contribution in [0.2, 0.25) is 0 Å². The lowest BCUT2D eigenvalue weighted by molar-refractivity contribution is -1.03. The maximum Gasteiger partial charge on any atom is 0.209 e. The maximum atomic E-state index is 4.44. The van der Waals surface area contributed by atoms with E-state index in [0.717, 1.165) is 25.3 Å². The van der Waals surface area contributed by atoms with Crippen LogP contribution in [0, 0.1) is 5.92 Å². The van der Waals surface area contributed by atoms with Gasteiger partial charge in [0.15, 0.2) is 6.04 Å². The third-order valence-corrected chi connectivity index (χ3v) is 5.85. The number of aromatic nitrogens is 4. The van der Waals surface area contributed by atoms with Crippen molar-refractivity contribution in [3.05, 3.63) is 40.9 Å². The molecule has 0 saturated carbocycles. The van der Waals surface area contributed by atoms with E-state index >= 15 is 0 Å². The quantitative estimate of drug-likeness (QED) is 0.642. The maximum absolute atomic E-state index is 4.44. The van der Waals surface area contributed by atoms with Crippen LogP contribution in [-0.4, -0.2) is 52.9 Å². The lowest BCUT2D eigenvalue weighted by Gasteiger charge is -2.34. The molecule has 7 heteroatoms. The summed E-state index contributed by atoms with van der Waals surface area (Å²) in [6.45, 7) is 15.0. The number of quaternary nitrogens is 2. The number of tetrazole rings is 1. The molecule has 6 nitrogen and oxygen atoms in total. The van der Waals surface area contributed by atoms with Crippen LogP contribution in [0.4, 0.5) is 0 Å². The Morgan fingerprint density at radius 3 is 2.76 bits per heavy atom. The van der Waals surface area contributed by atoms with E-state index in [-0.39, 0.29) is 0 Å². The molecule has 2 aromatic heterocycles. The van der Waals surface area contributed by atoms with Crippen molar-refractivity contribution in [3.63, 3.8) is 0 Å². The van der Waals surface area contributed by atoms with Gasteiger partial charge in [-0.2, -0.15) is 0 Å². The first-order chi connectivity index (χ1) is 12.2. The van der Waals surface area contributed by atoms with Crippen LogP contribution in [0.15, 0.2) is 30.2 Å². The number of piperazine rings is 1. The molecule has 0 spiro atoms. The molecule has 1 atom stereocenters. The summed E-state index contributed by atoms with van der Waals surface area (Å²) in [7, 11) is 0. The highest BCUT2D eigenvalue weighted by Crippen LogP contribution is 2.18. The zero-order valence-electron chi connectivity index (χ0n) is 15.3. The van der Waals surface area contributed by atoms with Gasteiger partial charge in [0.2, 0.25) is 5.82 Å². The Hall–Kier alpha value is -1.57. The number of nitrogens with zero attached hydrogens (tertiary/aromatic N) is 4. The van der Waals surface area contributed by atoms with Gasteiger partial charge in [0.1, 0.15) is 26.2 Å². The first-order valence-corrected chi connectivity index (χ1v) is 10.1. The lowest BCUT2D eigenvalue weighted by atomic mass is 10.0. The predicted molar refractivity (Wildman–Crippen MR) is 99.9 cm³/mol. The van der Waals surface area contributed by atoms with Crippen molar-refractivity contribution in [3.8, 4) is 0 Å². The van der Waals surface area contributed by atoms with Gasteiger partial charge in [0.25, 0.3) is 0 Å². The van der Waals surface area contributed by atoms with Crippen LogP contribution >= 0.6 is 11.3 Å². The van der Waals surface area contributed by atoms with Crippen LogP contribution < -0.4 is 9.80 Å². The number of nitrogens with one attached hydrogen (secondary N) is 2. The van der Waals surface area contributed by atoms with Crippen LogP contribution in [-0.2, 0) is 6.54 Å². The van der Waals surface area contributed by atoms with Gasteiger partial charge in [-0.25, -0.2) is 4.68 Å². The fraction of sp³-hybridized carbons (Fsp3) is 0.611. The van der Waals surface area contributed by atoms with E-state index < -0.39 is 0 Å². The zero-order chi connectivity index (χ0) is 17.6. The monoisotopic (exact) mass is 362 g/mol. The second-order valence-electron chi connectivity index (χ2n) is 7.36. The molecule has 0 unspecified atom stereocenters. The Morgan fingerprint density at radius 2 is 2.12 bits per heavy atom. The zero-order valence-corrected chi connectivity index (χ0v) is 16.1. The SMILES string of the molecule is C=CC[NH+]1CC[NH+]([C@H](CC(C)C)c2nnnn2Cc2cccs2)CC1. The predicted octanol–water partition coefficient (Wildman–Crippen LogP) is -0.160. The minimum atomic E-state index is 0.375. The van der Waals surface area contributed by atoms with Crippen molar-refractivity contribution in [1.29, 1.82) is 0 Å². The molecule has 3 rings (SSSR count). The Morgan fingerprint density at radius 1 is 1.32 bits per heavy atom. The molecule has 25 heavy (non-hydrogen) atoms. The van der Waals surface area contributed by atoms with Crippen LogP contribution in [0.3, 0.4) is 0 Å². The summed E-state index contributed by atoms with van der Waals surface area (Å²) in [5.41, 5.74) is 0. The first-order valence-electron chi connectivity index (χ1n) is 9.24. The van der Waals surface area contributed by atoms with E-state index in [1.165, 1.54) is 31.1 Å². The molecule has 0 radical (unpaired) electrons. The summed E-state index contributed by atoms with van der Waals surface area (Å²) in [5.74, 6) is 1.67. The van der Waals surface area contributed by atoms with Crippen molar-refractivity contribution in [1.82, 2.24) is 20.2 Å². The normalized spacial score (nSPS) is 22.2. The number of hydrogen-bond acceptors (Lipinski definition) is 4. The van der Waals surface area contributed by atoms with Crippen molar-refractivity contribution in [2.24, 2.45) is 5.92 Å². The largest absolute Gasteiger partial charge is 0.322 e. The number of rotatable bonds is 8. The lowest BCUT2D eigenvalue weighted by Crippen LogP contribution is -3.28. The highest BCUT2D eigenvalue weighted by Gasteiger charge is 2.34. The summed E-state index contributed by atoms with van der Waals surface area (Å²) in [6.07, 6.45) is 3.16. The molecule has 1 aliphatic heterocycles. The van der Waals surface area contributed by atoms with Crippen molar-refractivity contribution < 1.29 is 9.80 Å². The van der Waals surface area contributed by atoms with Gasteiger partial charge in [-0.15, -0.1) is 16.4 Å². The Bertz CT molecular complexity index is 642. The third-order valence-electron chi connectivity index (χ3n) is 4.99. The second-order valence-corrected chi connectivity index (χ2v) is 8.39. The fourth-order valence-electron chi connectivity index (χ4n) is 3.73. The number of thiophene rings is 1. The molecule has 2 N–H and O–H groups in total. The molecule has 0 aromatic carbocycles. The summed E-state index contributed by atoms with van der Waals surface area (Å²) >= 11 is 1.76. The van der Waals surface area contributed by atoms with Gasteiger partial charge in [-0.1, -0.05) is 26.5 Å². The first kappa shape index (κ1) is 18.2. The Balaban J connectivity index is 1.75. The average molecular weight is 363 g/mol. The van der Waals surface area contributed by atoms with E-state index in [4.69, 9.17) is 0 Å². The van der Waals surface area contributed by atoms with Crippen molar-refractivity contribution in [2.75, 3.05) is 32.7 Å². The molecule has 0 bridgehead atoms. The standard InChI is InChI=1S/C18H28N6S/c1-4-7-22-8-10-23(11-9-22)17(13-15(2)3)18-19-20-21-24(18)14-16-6-5-12-25-16/h4-6,12,15,17H,1,7-11,13-14H2,2-3H3/p+2/t17-/m1/s1. The van der Waals surface area contributed by atoms with Gasteiger partial charge in [0, 0.05) is 11.3 Å². The summed E-state index contributed by atoms with van der Waals surface area (Å²) in [6, 6.07) is 4.61. The molecule has 1 saturated heterocycles. The van der Waals surface area contributed by atoms with E-state index in [0.29, 0.717) is 12.0 Å². The summed E-state index contributed by atoms with van der Waals surface area (Å²) in [4.78, 5) is 4.57. The fourth-order valence-corrected chi connectivity index (χ4v) is 4.42. The molecule has 1 aliphatic rings. The van der Waals surface area contributed by atoms with Crippen LogP contribution in [0.5, 0.6) is 0 Å². The van der Waals surface area contributed by atoms with Gasteiger partial charge < -0.3 is 9.80 Å². The molecule has 136 valence electrons.